The summed E-state index contributed by atoms with van der Waals surface area (Å²) >= 11 is 0. The molecule has 0 spiro atoms. The molecule has 19 heavy (non-hydrogen) atoms. The Hall–Kier alpha value is -1.83. The van der Waals surface area contributed by atoms with E-state index in [-0.39, 0.29) is 18.9 Å². The van der Waals surface area contributed by atoms with Gasteiger partial charge in [0.1, 0.15) is 6.04 Å². The average molecular weight is 273 g/mol. The molecule has 8 heteroatoms. The first kappa shape index (κ1) is 15.2. The summed E-state index contributed by atoms with van der Waals surface area (Å²) in [5.74, 6) is -2.33. The minimum Gasteiger partial charge on any atom is -0.481 e. The molecule has 1 atom stereocenters. The lowest BCUT2D eigenvalue weighted by molar-refractivity contribution is -0.140. The van der Waals surface area contributed by atoms with E-state index in [1.165, 1.54) is 0 Å². The monoisotopic (exact) mass is 273 g/mol. The molecular formula is C11H19N3O5. The molecule has 0 radical (unpaired) electrons. The van der Waals surface area contributed by atoms with Crippen LogP contribution in [-0.4, -0.2) is 53.4 Å². The molecule has 1 unspecified atom stereocenters. The van der Waals surface area contributed by atoms with Crippen LogP contribution in [0.4, 0.5) is 4.79 Å². The number of carbonyl (C=O) groups is 3. The van der Waals surface area contributed by atoms with Gasteiger partial charge in [-0.05, 0) is 32.4 Å². The van der Waals surface area contributed by atoms with Gasteiger partial charge in [0.15, 0.2) is 0 Å². The van der Waals surface area contributed by atoms with Crippen LogP contribution in [0.2, 0.25) is 0 Å². The van der Waals surface area contributed by atoms with Crippen molar-refractivity contribution < 1.29 is 24.6 Å². The topological polar surface area (TPSA) is 128 Å². The molecule has 1 rings (SSSR count). The first-order valence-corrected chi connectivity index (χ1v) is 6.21. The molecular weight excluding hydrogens is 254 g/mol. The maximum Gasteiger partial charge on any atom is 0.326 e. The first-order chi connectivity index (χ1) is 8.99. The lowest BCUT2D eigenvalue weighted by Crippen LogP contribution is -2.51. The van der Waals surface area contributed by atoms with Crippen molar-refractivity contribution in [1.29, 1.82) is 0 Å². The highest BCUT2D eigenvalue weighted by atomic mass is 16.4. The van der Waals surface area contributed by atoms with Gasteiger partial charge in [-0.1, -0.05) is 0 Å². The number of piperidine rings is 1. The molecule has 8 nitrogen and oxygen atoms in total. The van der Waals surface area contributed by atoms with E-state index < -0.39 is 24.0 Å². The van der Waals surface area contributed by atoms with Crippen LogP contribution in [0.25, 0.3) is 0 Å². The van der Waals surface area contributed by atoms with E-state index in [1.807, 2.05) is 0 Å². The number of urea groups is 1. The second-order valence-electron chi connectivity index (χ2n) is 4.47. The van der Waals surface area contributed by atoms with Crippen LogP contribution < -0.4 is 16.0 Å². The largest absolute Gasteiger partial charge is 0.481 e. The van der Waals surface area contributed by atoms with Crippen LogP contribution >= 0.6 is 0 Å². The molecule has 5 N–H and O–H groups in total. The number of rotatable bonds is 6. The zero-order valence-electron chi connectivity index (χ0n) is 10.5. The van der Waals surface area contributed by atoms with Crippen molar-refractivity contribution in [2.24, 2.45) is 0 Å². The van der Waals surface area contributed by atoms with E-state index in [0.717, 1.165) is 25.9 Å². The Morgan fingerprint density at radius 1 is 1.21 bits per heavy atom. The van der Waals surface area contributed by atoms with Gasteiger partial charge in [0.05, 0.1) is 0 Å². The highest BCUT2D eigenvalue weighted by Gasteiger charge is 2.22. The van der Waals surface area contributed by atoms with Crippen molar-refractivity contribution in [3.63, 3.8) is 0 Å². The van der Waals surface area contributed by atoms with Gasteiger partial charge in [0.25, 0.3) is 0 Å². The predicted molar refractivity (Wildman–Crippen MR) is 65.9 cm³/mol. The van der Waals surface area contributed by atoms with Gasteiger partial charge >= 0.3 is 18.0 Å². The fourth-order valence-electron chi connectivity index (χ4n) is 1.88. The number of carboxylic acid groups (broad SMARTS) is 2. The lowest BCUT2D eigenvalue weighted by Gasteiger charge is -2.24. The van der Waals surface area contributed by atoms with Gasteiger partial charge in [0.2, 0.25) is 0 Å². The molecule has 1 fully saturated rings. The zero-order valence-corrected chi connectivity index (χ0v) is 10.5. The summed E-state index contributed by atoms with van der Waals surface area (Å²) in [6.07, 6.45) is 1.15. The van der Waals surface area contributed by atoms with Crippen molar-refractivity contribution >= 4 is 18.0 Å². The molecule has 0 aromatic rings. The summed E-state index contributed by atoms with van der Waals surface area (Å²) in [5.41, 5.74) is 0. The van der Waals surface area contributed by atoms with Gasteiger partial charge in [0, 0.05) is 12.5 Å². The Kier molecular flexibility index (Phi) is 6.07. The van der Waals surface area contributed by atoms with Crippen molar-refractivity contribution in [2.75, 3.05) is 13.1 Å². The number of hydrogen-bond acceptors (Lipinski definition) is 4. The second kappa shape index (κ2) is 7.57. The summed E-state index contributed by atoms with van der Waals surface area (Å²) in [7, 11) is 0. The Labute approximate surface area is 110 Å². The Morgan fingerprint density at radius 3 is 2.37 bits per heavy atom. The van der Waals surface area contributed by atoms with Gasteiger partial charge in [-0.3, -0.25) is 4.79 Å². The normalized spacial score (nSPS) is 17.5. The fraction of sp³-hybridized carbons (Fsp3) is 0.727. The zero-order chi connectivity index (χ0) is 14.3. The molecule has 0 aromatic heterocycles. The quantitative estimate of drug-likeness (QED) is 0.438. The number of carbonyl (C=O) groups excluding carboxylic acids is 1. The Bertz CT molecular complexity index is 341. The van der Waals surface area contributed by atoms with Crippen molar-refractivity contribution in [3.05, 3.63) is 0 Å². The van der Waals surface area contributed by atoms with Crippen molar-refractivity contribution in [1.82, 2.24) is 16.0 Å². The fourth-order valence-corrected chi connectivity index (χ4v) is 1.88. The highest BCUT2D eigenvalue weighted by molar-refractivity contribution is 5.83. The molecule has 1 aliphatic heterocycles. The van der Waals surface area contributed by atoms with Crippen molar-refractivity contribution in [2.45, 2.75) is 37.8 Å². The molecule has 0 bridgehead atoms. The first-order valence-electron chi connectivity index (χ1n) is 6.21. The lowest BCUT2D eigenvalue weighted by atomic mass is 10.1. The van der Waals surface area contributed by atoms with E-state index in [9.17, 15) is 14.4 Å². The van der Waals surface area contributed by atoms with Gasteiger partial charge in [-0.25, -0.2) is 9.59 Å². The number of hydrogen-bond donors (Lipinski definition) is 5. The summed E-state index contributed by atoms with van der Waals surface area (Å²) < 4.78 is 0. The maximum atomic E-state index is 11.6. The van der Waals surface area contributed by atoms with Gasteiger partial charge in [-0.15, -0.1) is 0 Å². The molecule has 0 aliphatic carbocycles. The SMILES string of the molecule is O=C(O)CCC(NC(=O)NC1CCNCC1)C(=O)O. The molecule has 2 amide bonds. The van der Waals surface area contributed by atoms with Gasteiger partial charge in [-0.2, -0.15) is 0 Å². The van der Waals surface area contributed by atoms with E-state index >= 15 is 0 Å². The highest BCUT2D eigenvalue weighted by Crippen LogP contribution is 2.02. The van der Waals surface area contributed by atoms with Crippen LogP contribution in [0.5, 0.6) is 0 Å². The minimum atomic E-state index is -1.23. The minimum absolute atomic E-state index is 0.0233. The van der Waals surface area contributed by atoms with Crippen LogP contribution in [-0.2, 0) is 9.59 Å². The molecule has 0 aromatic carbocycles. The Balaban J connectivity index is 2.37. The molecule has 1 aliphatic rings. The van der Waals surface area contributed by atoms with Crippen LogP contribution in [0.3, 0.4) is 0 Å². The van der Waals surface area contributed by atoms with E-state index in [0.29, 0.717) is 0 Å². The number of aliphatic carboxylic acids is 2. The van der Waals surface area contributed by atoms with E-state index in [2.05, 4.69) is 16.0 Å². The van der Waals surface area contributed by atoms with E-state index in [1.54, 1.807) is 0 Å². The maximum absolute atomic E-state index is 11.6. The third-order valence-corrected chi connectivity index (χ3v) is 2.92. The van der Waals surface area contributed by atoms with Gasteiger partial charge < -0.3 is 26.2 Å². The Morgan fingerprint density at radius 2 is 1.84 bits per heavy atom. The van der Waals surface area contributed by atoms with E-state index in [4.69, 9.17) is 10.2 Å². The standard InChI is InChI=1S/C11H19N3O5/c15-9(16)2-1-8(10(17)18)14-11(19)13-7-3-5-12-6-4-7/h7-8,12H,1-6H2,(H,15,16)(H,17,18)(H2,13,14,19). The smallest absolute Gasteiger partial charge is 0.326 e. The predicted octanol–water partition coefficient (Wildman–Crippen LogP) is -0.644. The summed E-state index contributed by atoms with van der Waals surface area (Å²) in [4.78, 5) is 32.9. The molecule has 108 valence electrons. The molecule has 1 saturated heterocycles. The van der Waals surface area contributed by atoms with Crippen LogP contribution in [0.1, 0.15) is 25.7 Å². The van der Waals surface area contributed by atoms with Crippen LogP contribution in [0.15, 0.2) is 0 Å². The molecule has 0 saturated carbocycles. The number of amides is 2. The second-order valence-corrected chi connectivity index (χ2v) is 4.47. The summed E-state index contributed by atoms with van der Waals surface area (Å²) in [6, 6.07) is -1.72. The molecule has 1 heterocycles. The third-order valence-electron chi connectivity index (χ3n) is 2.92. The van der Waals surface area contributed by atoms with Crippen LogP contribution in [0, 0.1) is 0 Å². The third kappa shape index (κ3) is 6.05. The number of nitrogens with one attached hydrogen (secondary N) is 3. The summed E-state index contributed by atoms with van der Waals surface area (Å²) in [6.45, 7) is 1.62. The average Bonchev–Trinajstić information content (AvgIpc) is 2.35. The van der Waals surface area contributed by atoms with Crippen molar-refractivity contribution in [3.8, 4) is 0 Å². The summed E-state index contributed by atoms with van der Waals surface area (Å²) in [5, 5.41) is 25.5. The number of carboxylic acids is 2.